The number of carbonyl (C=O) groups is 2. The van der Waals surface area contributed by atoms with Gasteiger partial charge in [0.25, 0.3) is 5.91 Å². The van der Waals surface area contributed by atoms with E-state index in [4.69, 9.17) is 5.11 Å². The second kappa shape index (κ2) is 6.59. The standard InChI is InChI=1S/C14H18N6O3/c21-13(22)9-19-8-10(16-18-19)7-15-14(23)12-5-6-20(17-12)11-3-1-2-4-11/h5-6,8,11H,1-4,7,9H2,(H,15,23)(H,21,22). The Labute approximate surface area is 132 Å². The molecule has 0 aliphatic heterocycles. The maximum absolute atomic E-state index is 12.1. The molecule has 0 atom stereocenters. The lowest BCUT2D eigenvalue weighted by Gasteiger charge is -2.08. The van der Waals surface area contributed by atoms with Crippen molar-refractivity contribution in [3.05, 3.63) is 29.8 Å². The fourth-order valence-electron chi connectivity index (χ4n) is 2.73. The lowest BCUT2D eigenvalue weighted by molar-refractivity contribution is -0.137. The molecule has 2 aromatic rings. The molecule has 0 unspecified atom stereocenters. The van der Waals surface area contributed by atoms with Crippen molar-refractivity contribution in [2.45, 2.75) is 44.8 Å². The number of hydrogen-bond donors (Lipinski definition) is 2. The van der Waals surface area contributed by atoms with E-state index in [1.165, 1.54) is 23.7 Å². The zero-order chi connectivity index (χ0) is 16.2. The Balaban J connectivity index is 1.54. The number of aromatic nitrogens is 5. The number of nitrogens with zero attached hydrogens (tertiary/aromatic N) is 5. The molecule has 0 saturated heterocycles. The average molecular weight is 318 g/mol. The highest BCUT2D eigenvalue weighted by Gasteiger charge is 2.19. The molecule has 3 rings (SSSR count). The second-order valence-electron chi connectivity index (χ2n) is 5.60. The summed E-state index contributed by atoms with van der Waals surface area (Å²) in [6.45, 7) is -0.0819. The van der Waals surface area contributed by atoms with Crippen LogP contribution < -0.4 is 5.32 Å². The zero-order valence-corrected chi connectivity index (χ0v) is 12.6. The SMILES string of the molecule is O=C(O)Cn1cc(CNC(=O)c2ccn(C3CCCC3)n2)nn1. The first-order valence-electron chi connectivity index (χ1n) is 7.56. The van der Waals surface area contributed by atoms with Crippen molar-refractivity contribution < 1.29 is 14.7 Å². The Bertz CT molecular complexity index is 701. The van der Waals surface area contributed by atoms with Crippen molar-refractivity contribution in [3.8, 4) is 0 Å². The third kappa shape index (κ3) is 3.74. The van der Waals surface area contributed by atoms with Gasteiger partial charge in [0.1, 0.15) is 17.9 Å². The molecule has 9 nitrogen and oxygen atoms in total. The lowest BCUT2D eigenvalue weighted by Crippen LogP contribution is -2.24. The molecular formula is C14H18N6O3. The van der Waals surface area contributed by atoms with E-state index in [9.17, 15) is 9.59 Å². The number of rotatable bonds is 6. The molecule has 1 aliphatic rings. The average Bonchev–Trinajstić information content (AvgIpc) is 3.24. The number of carboxylic acids is 1. The van der Waals surface area contributed by atoms with E-state index in [2.05, 4.69) is 20.7 Å². The summed E-state index contributed by atoms with van der Waals surface area (Å²) in [6.07, 6.45) is 7.96. The van der Waals surface area contributed by atoms with E-state index in [0.717, 1.165) is 12.8 Å². The van der Waals surface area contributed by atoms with Gasteiger partial charge in [0.15, 0.2) is 0 Å². The Morgan fingerprint density at radius 3 is 2.87 bits per heavy atom. The van der Waals surface area contributed by atoms with Gasteiger partial charge in [0.05, 0.1) is 18.8 Å². The maximum Gasteiger partial charge on any atom is 0.325 e. The Morgan fingerprint density at radius 2 is 2.13 bits per heavy atom. The number of amides is 1. The van der Waals surface area contributed by atoms with Crippen LogP contribution in [-0.4, -0.2) is 41.8 Å². The van der Waals surface area contributed by atoms with Crippen molar-refractivity contribution in [1.82, 2.24) is 30.1 Å². The van der Waals surface area contributed by atoms with E-state index in [-0.39, 0.29) is 19.0 Å². The van der Waals surface area contributed by atoms with Crippen LogP contribution in [-0.2, 0) is 17.9 Å². The molecule has 122 valence electrons. The van der Waals surface area contributed by atoms with Gasteiger partial charge in [-0.05, 0) is 18.9 Å². The molecule has 9 heteroatoms. The van der Waals surface area contributed by atoms with Crippen LogP contribution in [0.4, 0.5) is 0 Å². The predicted octanol–water partition coefficient (Wildman–Crippen LogP) is 0.604. The minimum atomic E-state index is -0.997. The largest absolute Gasteiger partial charge is 0.480 e. The Hall–Kier alpha value is -2.71. The van der Waals surface area contributed by atoms with Gasteiger partial charge in [0.2, 0.25) is 0 Å². The van der Waals surface area contributed by atoms with Gasteiger partial charge in [-0.25, -0.2) is 4.68 Å². The summed E-state index contributed by atoms with van der Waals surface area (Å²) in [6, 6.07) is 2.10. The van der Waals surface area contributed by atoms with Gasteiger partial charge in [-0.2, -0.15) is 5.10 Å². The van der Waals surface area contributed by atoms with Crippen LogP contribution in [0.3, 0.4) is 0 Å². The third-order valence-corrected chi connectivity index (χ3v) is 3.85. The lowest BCUT2D eigenvalue weighted by atomic mass is 10.3. The smallest absolute Gasteiger partial charge is 0.325 e. The summed E-state index contributed by atoms with van der Waals surface area (Å²) in [5.41, 5.74) is 0.865. The Kier molecular flexibility index (Phi) is 4.35. The minimum absolute atomic E-state index is 0.175. The molecule has 0 spiro atoms. The summed E-state index contributed by atoms with van der Waals surface area (Å²) in [5.74, 6) is -1.28. The minimum Gasteiger partial charge on any atom is -0.480 e. The van der Waals surface area contributed by atoms with Crippen molar-refractivity contribution in [1.29, 1.82) is 0 Å². The Morgan fingerprint density at radius 1 is 1.35 bits per heavy atom. The predicted molar refractivity (Wildman–Crippen MR) is 78.6 cm³/mol. The monoisotopic (exact) mass is 318 g/mol. The van der Waals surface area contributed by atoms with Gasteiger partial charge in [0, 0.05) is 6.20 Å². The van der Waals surface area contributed by atoms with Crippen LogP contribution in [0.2, 0.25) is 0 Å². The first-order valence-corrected chi connectivity index (χ1v) is 7.56. The van der Waals surface area contributed by atoms with Crippen molar-refractivity contribution in [3.63, 3.8) is 0 Å². The van der Waals surface area contributed by atoms with Gasteiger partial charge in [-0.1, -0.05) is 18.1 Å². The number of carboxylic acid groups (broad SMARTS) is 1. The van der Waals surface area contributed by atoms with Crippen molar-refractivity contribution in [2.24, 2.45) is 0 Å². The topological polar surface area (TPSA) is 115 Å². The van der Waals surface area contributed by atoms with E-state index < -0.39 is 5.97 Å². The number of nitrogens with one attached hydrogen (secondary N) is 1. The zero-order valence-electron chi connectivity index (χ0n) is 12.6. The summed E-state index contributed by atoms with van der Waals surface area (Å²) in [5, 5.41) is 23.2. The second-order valence-corrected chi connectivity index (χ2v) is 5.60. The summed E-state index contributed by atoms with van der Waals surface area (Å²) < 4.78 is 3.07. The number of hydrogen-bond acceptors (Lipinski definition) is 5. The maximum atomic E-state index is 12.1. The highest BCUT2D eigenvalue weighted by molar-refractivity contribution is 5.92. The highest BCUT2D eigenvalue weighted by atomic mass is 16.4. The molecule has 0 bridgehead atoms. The molecule has 2 heterocycles. The quantitative estimate of drug-likeness (QED) is 0.806. The third-order valence-electron chi connectivity index (χ3n) is 3.85. The number of carbonyl (C=O) groups excluding carboxylic acids is 1. The van der Waals surface area contributed by atoms with Crippen LogP contribution >= 0.6 is 0 Å². The number of aliphatic carboxylic acids is 1. The normalized spacial score (nSPS) is 15.0. The molecule has 1 saturated carbocycles. The summed E-state index contributed by atoms with van der Waals surface area (Å²) in [4.78, 5) is 22.7. The van der Waals surface area contributed by atoms with Crippen molar-refractivity contribution in [2.75, 3.05) is 0 Å². The van der Waals surface area contributed by atoms with E-state index in [1.54, 1.807) is 6.07 Å². The first kappa shape index (κ1) is 15.2. The van der Waals surface area contributed by atoms with E-state index >= 15 is 0 Å². The molecule has 1 amide bonds. The van der Waals surface area contributed by atoms with Gasteiger partial charge >= 0.3 is 5.97 Å². The van der Waals surface area contributed by atoms with Crippen LogP contribution in [0.1, 0.15) is 47.9 Å². The van der Waals surface area contributed by atoms with Crippen LogP contribution in [0.5, 0.6) is 0 Å². The van der Waals surface area contributed by atoms with Gasteiger partial charge in [-0.15, -0.1) is 5.10 Å². The van der Waals surface area contributed by atoms with E-state index in [1.807, 2.05) is 10.9 Å². The fourth-order valence-corrected chi connectivity index (χ4v) is 2.73. The molecule has 0 radical (unpaired) electrons. The molecule has 2 N–H and O–H groups in total. The molecule has 23 heavy (non-hydrogen) atoms. The van der Waals surface area contributed by atoms with E-state index in [0.29, 0.717) is 17.4 Å². The summed E-state index contributed by atoms with van der Waals surface area (Å²) >= 11 is 0. The molecule has 2 aromatic heterocycles. The molecule has 1 aliphatic carbocycles. The highest BCUT2D eigenvalue weighted by Crippen LogP contribution is 2.28. The molecular weight excluding hydrogens is 300 g/mol. The van der Waals surface area contributed by atoms with Crippen molar-refractivity contribution >= 4 is 11.9 Å². The molecule has 0 aromatic carbocycles. The van der Waals surface area contributed by atoms with Crippen LogP contribution in [0, 0.1) is 0 Å². The van der Waals surface area contributed by atoms with Crippen LogP contribution in [0.25, 0.3) is 0 Å². The van der Waals surface area contributed by atoms with Crippen LogP contribution in [0.15, 0.2) is 18.5 Å². The van der Waals surface area contributed by atoms with Gasteiger partial charge in [-0.3, -0.25) is 14.3 Å². The van der Waals surface area contributed by atoms with Gasteiger partial charge < -0.3 is 10.4 Å². The summed E-state index contributed by atoms with van der Waals surface area (Å²) in [7, 11) is 0. The first-order chi connectivity index (χ1) is 11.1. The fraction of sp³-hybridized carbons (Fsp3) is 0.500. The molecule has 1 fully saturated rings.